The van der Waals surface area contributed by atoms with Crippen LogP contribution in [0, 0.1) is 11.3 Å². The van der Waals surface area contributed by atoms with Crippen LogP contribution in [-0.4, -0.2) is 40.0 Å². The minimum atomic E-state index is -2.26. The number of rotatable bonds is 3. The maximum atomic E-state index is 11.3. The van der Waals surface area contributed by atoms with E-state index in [2.05, 4.69) is 38.8 Å². The average Bonchev–Trinajstić information content (AvgIpc) is 3.21. The summed E-state index contributed by atoms with van der Waals surface area (Å²) in [6.07, 6.45) is 0.969. The largest absolute Gasteiger partial charge is 0.494 e. The second-order valence-corrected chi connectivity index (χ2v) is 15.8. The van der Waals surface area contributed by atoms with Gasteiger partial charge in [0.25, 0.3) is 0 Å². The van der Waals surface area contributed by atoms with Gasteiger partial charge < -0.3 is 24.1 Å². The zero-order valence-corrected chi connectivity index (χ0v) is 20.8. The van der Waals surface area contributed by atoms with E-state index < -0.39 is 31.4 Å². The number of aromatic nitrogens is 2. The van der Waals surface area contributed by atoms with E-state index >= 15 is 0 Å². The van der Waals surface area contributed by atoms with Crippen molar-refractivity contribution in [3.63, 3.8) is 0 Å². The summed E-state index contributed by atoms with van der Waals surface area (Å²) in [6.45, 7) is 14.4. The summed E-state index contributed by atoms with van der Waals surface area (Å²) in [5.41, 5.74) is -0.816. The highest BCUT2D eigenvalue weighted by Crippen LogP contribution is 2.77. The lowest BCUT2D eigenvalue weighted by atomic mass is 9.78. The van der Waals surface area contributed by atoms with Crippen molar-refractivity contribution in [2.45, 2.75) is 75.8 Å². The summed E-state index contributed by atoms with van der Waals surface area (Å²) < 4.78 is 20.7. The normalized spacial score (nSPS) is 32.5. The molecule has 2 N–H and O–H groups in total. The molecule has 3 aliphatic rings. The van der Waals surface area contributed by atoms with Crippen LogP contribution in [0.2, 0.25) is 23.2 Å². The monoisotopic (exact) mass is 475 g/mol. The van der Waals surface area contributed by atoms with Gasteiger partial charge in [-0.2, -0.15) is 5.26 Å². The highest BCUT2D eigenvalue weighted by Gasteiger charge is 2.89. The molecule has 2 fully saturated rings. The molecule has 170 valence electrons. The smallest absolute Gasteiger partial charge is 0.224 e. The van der Waals surface area contributed by atoms with E-state index in [9.17, 15) is 10.2 Å². The predicted octanol–water partition coefficient (Wildman–Crippen LogP) is 4.40. The van der Waals surface area contributed by atoms with Gasteiger partial charge in [0.05, 0.1) is 28.0 Å². The number of nitriles is 1. The van der Waals surface area contributed by atoms with Crippen LogP contribution in [0.4, 0.5) is 0 Å². The van der Waals surface area contributed by atoms with Crippen molar-refractivity contribution in [2.75, 3.05) is 0 Å². The van der Waals surface area contributed by atoms with E-state index in [4.69, 9.17) is 30.8 Å². The first kappa shape index (κ1) is 21.7. The molecule has 0 aliphatic carbocycles. The Hall–Kier alpha value is -2.09. The molecule has 0 spiro atoms. The second kappa shape index (κ2) is 5.87. The fraction of sp³-hybridized carbons (Fsp3) is 0.545. The van der Waals surface area contributed by atoms with Crippen LogP contribution in [0.3, 0.4) is 0 Å². The third-order valence-corrected chi connectivity index (χ3v) is 12.4. The Morgan fingerprint density at radius 3 is 2.44 bits per heavy atom. The summed E-state index contributed by atoms with van der Waals surface area (Å²) in [7, 11) is -2.26. The lowest BCUT2D eigenvalue weighted by Gasteiger charge is -2.41. The molecule has 3 aliphatic heterocycles. The Morgan fingerprint density at radius 2 is 1.88 bits per heavy atom. The van der Waals surface area contributed by atoms with Gasteiger partial charge in [-0.25, -0.2) is 9.55 Å². The lowest BCUT2D eigenvalue weighted by Crippen LogP contribution is -2.52. The van der Waals surface area contributed by atoms with Crippen molar-refractivity contribution in [1.82, 2.24) is 9.55 Å². The maximum absolute atomic E-state index is 11.3. The summed E-state index contributed by atoms with van der Waals surface area (Å²) in [6, 6.07) is 3.38. The van der Waals surface area contributed by atoms with E-state index in [0.717, 1.165) is 0 Å². The lowest BCUT2D eigenvalue weighted by molar-refractivity contribution is -0.193. The van der Waals surface area contributed by atoms with Crippen molar-refractivity contribution >= 4 is 19.9 Å². The minimum absolute atomic E-state index is 0.0544. The number of aromatic hydroxyl groups is 2. The van der Waals surface area contributed by atoms with Crippen molar-refractivity contribution < 1.29 is 24.1 Å². The second-order valence-electron chi connectivity index (χ2n) is 10.6. The van der Waals surface area contributed by atoms with Crippen LogP contribution in [-0.2, 0) is 25.1 Å². The van der Waals surface area contributed by atoms with Gasteiger partial charge in [0, 0.05) is 0 Å². The predicted molar refractivity (Wildman–Crippen MR) is 118 cm³/mol. The number of hydrogen-bond donors (Lipinski definition) is 2. The molecule has 4 atom stereocenters. The molecule has 10 heteroatoms. The zero-order valence-electron chi connectivity index (χ0n) is 19.1. The number of pyridine rings is 1. The Labute approximate surface area is 192 Å². The molecule has 0 amide bonds. The van der Waals surface area contributed by atoms with Crippen LogP contribution in [0.1, 0.15) is 51.4 Å². The molecule has 2 aromatic rings. The first-order valence-electron chi connectivity index (χ1n) is 10.5. The van der Waals surface area contributed by atoms with Crippen LogP contribution < -0.4 is 0 Å². The van der Waals surface area contributed by atoms with Crippen molar-refractivity contribution in [3.05, 3.63) is 34.1 Å². The fourth-order valence-electron chi connectivity index (χ4n) is 4.99. The van der Waals surface area contributed by atoms with Crippen LogP contribution in [0.15, 0.2) is 12.3 Å². The van der Waals surface area contributed by atoms with Gasteiger partial charge in [-0.1, -0.05) is 32.4 Å². The Bertz CT molecular complexity index is 1230. The molecular formula is C22H26ClN3O5Si. The van der Waals surface area contributed by atoms with Crippen molar-refractivity contribution in [3.8, 4) is 23.5 Å². The number of halogens is 1. The molecular weight excluding hydrogens is 450 g/mol. The molecule has 5 rings (SSSR count). The first-order valence-corrected chi connectivity index (χ1v) is 13.7. The molecule has 0 aromatic carbocycles. The van der Waals surface area contributed by atoms with Crippen LogP contribution >= 0.6 is 11.6 Å². The van der Waals surface area contributed by atoms with Gasteiger partial charge in [-0.15, -0.1) is 0 Å². The molecule has 8 nitrogen and oxygen atoms in total. The van der Waals surface area contributed by atoms with E-state index in [1.807, 2.05) is 19.9 Å². The molecule has 32 heavy (non-hydrogen) atoms. The number of hydrogen-bond acceptors (Lipinski definition) is 7. The van der Waals surface area contributed by atoms with Crippen molar-refractivity contribution in [1.29, 1.82) is 5.26 Å². The highest BCUT2D eigenvalue weighted by molar-refractivity contribution is 6.74. The molecule has 2 aromatic heterocycles. The van der Waals surface area contributed by atoms with E-state index in [0.29, 0.717) is 16.8 Å². The third kappa shape index (κ3) is 2.29. The minimum Gasteiger partial charge on any atom is -0.494 e. The van der Waals surface area contributed by atoms with E-state index in [1.54, 1.807) is 0 Å². The fourth-order valence-corrected chi connectivity index (χ4v) is 6.61. The summed E-state index contributed by atoms with van der Waals surface area (Å²) >= 11 is 6.15. The molecule has 0 radical (unpaired) electrons. The SMILES string of the molecule is CC12OC(C)(c3c1c(O)n(-c1cnc(C#N)c(Cl)c1)c3O)[C@@]1(O[Si](C)(C)C(C)(C)C)O[C@@H]21. The van der Waals surface area contributed by atoms with Gasteiger partial charge >= 0.3 is 0 Å². The molecule has 2 bridgehead atoms. The Balaban J connectivity index is 1.67. The first-order chi connectivity index (χ1) is 14.6. The van der Waals surface area contributed by atoms with Gasteiger partial charge in [0.15, 0.2) is 25.7 Å². The maximum Gasteiger partial charge on any atom is 0.224 e. The van der Waals surface area contributed by atoms with Gasteiger partial charge in [0.1, 0.15) is 11.7 Å². The third-order valence-electron chi connectivity index (χ3n) is 7.66. The summed E-state index contributed by atoms with van der Waals surface area (Å²) in [5, 5.41) is 31.7. The summed E-state index contributed by atoms with van der Waals surface area (Å²) in [4.78, 5) is 4.03. The molecule has 2 saturated heterocycles. The summed E-state index contributed by atoms with van der Waals surface area (Å²) in [5.74, 6) is -1.41. The molecule has 2 unspecified atom stereocenters. The number of nitrogens with zero attached hydrogens (tertiary/aromatic N) is 3. The van der Waals surface area contributed by atoms with E-state index in [-0.39, 0.29) is 27.5 Å². The number of fused-ring (bicyclic) bond motifs is 8. The Morgan fingerprint density at radius 1 is 1.25 bits per heavy atom. The topological polar surface area (TPSA) is 113 Å². The quantitative estimate of drug-likeness (QED) is 0.499. The van der Waals surface area contributed by atoms with Gasteiger partial charge in [-0.3, -0.25) is 0 Å². The van der Waals surface area contributed by atoms with Crippen LogP contribution in [0.25, 0.3) is 5.69 Å². The standard InChI is InChI=1S/C22H26ClN3O5Si/c1-19(2,3)32(6,7)31-22-18(29-22)20(4)14-15(21(22,5)30-20)17(28)26(16(14)27)11-8-12(23)13(9-24)25-10-11/h8,10,18,27-28H,1-7H3/t18-,20?,21?,22+/m0/s1. The Kier molecular flexibility index (Phi) is 3.99. The average molecular weight is 476 g/mol. The zero-order chi connectivity index (χ0) is 23.6. The number of ether oxygens (including phenoxy) is 2. The van der Waals surface area contributed by atoms with Crippen LogP contribution in [0.5, 0.6) is 11.8 Å². The van der Waals surface area contributed by atoms with E-state index in [1.165, 1.54) is 16.8 Å². The van der Waals surface area contributed by atoms with Gasteiger partial charge in [-0.05, 0) is 38.0 Å². The molecule has 5 heterocycles. The number of epoxide rings is 1. The highest BCUT2D eigenvalue weighted by atomic mass is 35.5. The molecule has 0 saturated carbocycles. The van der Waals surface area contributed by atoms with Crippen molar-refractivity contribution in [2.24, 2.45) is 0 Å². The van der Waals surface area contributed by atoms with Gasteiger partial charge in [0.2, 0.25) is 17.5 Å².